The molecule has 0 unspecified atom stereocenters. The molecule has 1 aromatic carbocycles. The van der Waals surface area contributed by atoms with Gasteiger partial charge in [-0.05, 0) is 24.3 Å². The molecule has 2 aromatic rings. The van der Waals surface area contributed by atoms with Crippen molar-refractivity contribution in [2.75, 3.05) is 0 Å². The SMILES string of the molecule is O=C(N/N=C\c1ccc(C([O-])([O-])[O-])o1)c1ccccc1O. The number of para-hydroxylation sites is 1. The zero-order valence-electron chi connectivity index (χ0n) is 10.5. The average Bonchev–Trinajstić information content (AvgIpc) is 2.88. The minimum absolute atomic E-state index is 0.0208. The van der Waals surface area contributed by atoms with Crippen molar-refractivity contribution < 1.29 is 29.6 Å². The Morgan fingerprint density at radius 1 is 1.24 bits per heavy atom. The van der Waals surface area contributed by atoms with Crippen LogP contribution < -0.4 is 20.7 Å². The van der Waals surface area contributed by atoms with Crippen LogP contribution in [-0.2, 0) is 5.97 Å². The van der Waals surface area contributed by atoms with Gasteiger partial charge in [0.05, 0.1) is 17.5 Å². The largest absolute Gasteiger partial charge is 0.871 e. The molecule has 0 aliphatic carbocycles. The predicted octanol–water partition coefficient (Wildman–Crippen LogP) is -2.06. The summed E-state index contributed by atoms with van der Waals surface area (Å²) in [5.74, 6) is -5.57. The first-order valence-electron chi connectivity index (χ1n) is 5.71. The molecule has 0 radical (unpaired) electrons. The molecule has 0 saturated heterocycles. The second-order valence-corrected chi connectivity index (χ2v) is 3.97. The molecule has 1 aromatic heterocycles. The third kappa shape index (κ3) is 3.66. The number of carbonyl (C=O) groups is 1. The summed E-state index contributed by atoms with van der Waals surface area (Å²) in [7, 11) is 0. The number of nitrogens with one attached hydrogen (secondary N) is 1. The number of carbonyl (C=O) groups excluding carboxylic acids is 1. The maximum Gasteiger partial charge on any atom is 0.275 e. The van der Waals surface area contributed by atoms with E-state index in [4.69, 9.17) is 0 Å². The van der Waals surface area contributed by atoms with Gasteiger partial charge in [0.25, 0.3) is 5.91 Å². The first-order valence-corrected chi connectivity index (χ1v) is 5.71. The molecule has 0 aliphatic heterocycles. The summed E-state index contributed by atoms with van der Waals surface area (Å²) in [5, 5.41) is 44.7. The van der Waals surface area contributed by atoms with Crippen LogP contribution in [0.2, 0.25) is 0 Å². The van der Waals surface area contributed by atoms with Gasteiger partial charge in [0.2, 0.25) is 0 Å². The molecule has 2 N–H and O–H groups in total. The van der Waals surface area contributed by atoms with E-state index in [2.05, 4.69) is 14.9 Å². The number of aromatic hydroxyl groups is 1. The van der Waals surface area contributed by atoms with E-state index in [1.54, 1.807) is 12.1 Å². The van der Waals surface area contributed by atoms with Crippen molar-refractivity contribution in [3.8, 4) is 5.75 Å². The van der Waals surface area contributed by atoms with E-state index in [1.807, 2.05) is 0 Å². The molecular weight excluding hydrogens is 280 g/mol. The maximum atomic E-state index is 11.7. The van der Waals surface area contributed by atoms with E-state index < -0.39 is 17.6 Å². The van der Waals surface area contributed by atoms with E-state index in [1.165, 1.54) is 18.2 Å². The number of hydrazone groups is 1. The zero-order chi connectivity index (χ0) is 15.5. The first-order chi connectivity index (χ1) is 9.88. The number of rotatable bonds is 4. The van der Waals surface area contributed by atoms with Crippen molar-refractivity contribution in [3.63, 3.8) is 0 Å². The van der Waals surface area contributed by atoms with Crippen LogP contribution in [-0.4, -0.2) is 17.2 Å². The number of amides is 1. The zero-order valence-corrected chi connectivity index (χ0v) is 10.5. The summed E-state index contributed by atoms with van der Waals surface area (Å²) in [4.78, 5) is 11.7. The van der Waals surface area contributed by atoms with E-state index in [-0.39, 0.29) is 17.1 Å². The highest BCUT2D eigenvalue weighted by Crippen LogP contribution is 2.15. The second-order valence-electron chi connectivity index (χ2n) is 3.97. The summed E-state index contributed by atoms with van der Waals surface area (Å²) in [6.45, 7) is 0. The van der Waals surface area contributed by atoms with Gasteiger partial charge in [-0.2, -0.15) is 5.10 Å². The van der Waals surface area contributed by atoms with E-state index in [0.717, 1.165) is 12.3 Å². The lowest BCUT2D eigenvalue weighted by Crippen LogP contribution is -2.63. The smallest absolute Gasteiger partial charge is 0.275 e. The third-order valence-corrected chi connectivity index (χ3v) is 2.44. The standard InChI is InChI=1S/C13H9N2O6/c16-10-4-2-1-3-9(10)12(17)15-14-7-8-5-6-11(21-8)13(18,19)20/h1-7,16H,(H,15,17)/q-3/b14-7-. The lowest BCUT2D eigenvalue weighted by atomic mass is 10.2. The molecule has 110 valence electrons. The Morgan fingerprint density at radius 3 is 2.57 bits per heavy atom. The Morgan fingerprint density at radius 2 is 1.95 bits per heavy atom. The van der Waals surface area contributed by atoms with Crippen LogP contribution in [0.15, 0.2) is 45.9 Å². The Kier molecular flexibility index (Phi) is 4.03. The number of phenolic OH excluding ortho intramolecular Hbond substituents is 1. The van der Waals surface area contributed by atoms with E-state index in [9.17, 15) is 25.2 Å². The average molecular weight is 289 g/mol. The predicted molar refractivity (Wildman–Crippen MR) is 63.6 cm³/mol. The topological polar surface area (TPSA) is 144 Å². The Bertz CT molecular complexity index is 671. The maximum absolute atomic E-state index is 11.7. The van der Waals surface area contributed by atoms with Gasteiger partial charge in [0, 0.05) is 0 Å². The molecule has 21 heavy (non-hydrogen) atoms. The van der Waals surface area contributed by atoms with Crippen LogP contribution in [0, 0.1) is 0 Å². The number of benzene rings is 1. The van der Waals surface area contributed by atoms with Crippen LogP contribution >= 0.6 is 0 Å². The minimum Gasteiger partial charge on any atom is -0.871 e. The first kappa shape index (κ1) is 14.7. The van der Waals surface area contributed by atoms with Gasteiger partial charge in [-0.15, -0.1) is 0 Å². The van der Waals surface area contributed by atoms with Crippen LogP contribution in [0.5, 0.6) is 5.75 Å². The summed E-state index contributed by atoms with van der Waals surface area (Å²) < 4.78 is 4.67. The van der Waals surface area contributed by atoms with E-state index >= 15 is 0 Å². The molecule has 1 heterocycles. The van der Waals surface area contributed by atoms with E-state index in [0.29, 0.717) is 0 Å². The van der Waals surface area contributed by atoms with Crippen molar-refractivity contribution >= 4 is 12.1 Å². The lowest BCUT2D eigenvalue weighted by molar-refractivity contribution is -0.923. The highest BCUT2D eigenvalue weighted by atomic mass is 16.7. The third-order valence-electron chi connectivity index (χ3n) is 2.44. The van der Waals surface area contributed by atoms with Gasteiger partial charge in [-0.3, -0.25) is 10.8 Å². The van der Waals surface area contributed by atoms with Gasteiger partial charge in [-0.1, -0.05) is 12.1 Å². The lowest BCUT2D eigenvalue weighted by Gasteiger charge is -2.55. The molecule has 1 amide bonds. The van der Waals surface area contributed by atoms with Gasteiger partial charge < -0.3 is 24.8 Å². The fourth-order valence-corrected chi connectivity index (χ4v) is 1.47. The highest BCUT2D eigenvalue weighted by Gasteiger charge is 2.08. The molecule has 0 spiro atoms. The van der Waals surface area contributed by atoms with Crippen LogP contribution in [0.4, 0.5) is 0 Å². The van der Waals surface area contributed by atoms with Crippen LogP contribution in [0.1, 0.15) is 21.9 Å². The number of nitrogens with zero attached hydrogens (tertiary/aromatic N) is 1. The monoisotopic (exact) mass is 289 g/mol. The normalized spacial score (nSPS) is 11.8. The van der Waals surface area contributed by atoms with Gasteiger partial charge in [-0.25, -0.2) is 5.43 Å². The molecule has 8 nitrogen and oxygen atoms in total. The molecule has 0 bridgehead atoms. The van der Waals surface area contributed by atoms with Gasteiger partial charge in [0.1, 0.15) is 11.5 Å². The van der Waals surface area contributed by atoms with Crippen molar-refractivity contribution in [2.24, 2.45) is 5.10 Å². The molecule has 0 atom stereocenters. The van der Waals surface area contributed by atoms with Crippen molar-refractivity contribution in [3.05, 3.63) is 53.5 Å². The molecule has 0 aliphatic rings. The quantitative estimate of drug-likeness (QED) is 0.376. The summed E-state index contributed by atoms with van der Waals surface area (Å²) >= 11 is 0. The summed E-state index contributed by atoms with van der Waals surface area (Å²) in [6, 6.07) is 7.99. The minimum atomic E-state index is -3.83. The molecule has 2 rings (SSSR count). The summed E-state index contributed by atoms with van der Waals surface area (Å²) in [6.07, 6.45) is 1.01. The fraction of sp³-hybridized carbons (Fsp3) is 0.0769. The van der Waals surface area contributed by atoms with Crippen LogP contribution in [0.25, 0.3) is 0 Å². The fourth-order valence-electron chi connectivity index (χ4n) is 1.47. The van der Waals surface area contributed by atoms with Crippen molar-refractivity contribution in [1.29, 1.82) is 0 Å². The van der Waals surface area contributed by atoms with Crippen molar-refractivity contribution in [1.82, 2.24) is 5.43 Å². The molecular formula is C13H9N2O6-3. The van der Waals surface area contributed by atoms with Gasteiger partial charge in [0.15, 0.2) is 0 Å². The highest BCUT2D eigenvalue weighted by molar-refractivity contribution is 5.97. The Hall–Kier alpha value is -2.68. The number of hydrogen-bond donors (Lipinski definition) is 2. The molecule has 0 fully saturated rings. The van der Waals surface area contributed by atoms with Crippen molar-refractivity contribution in [2.45, 2.75) is 5.97 Å². The second kappa shape index (κ2) is 5.75. The Balaban J connectivity index is 2.01. The Labute approximate surface area is 118 Å². The number of phenols is 1. The van der Waals surface area contributed by atoms with Crippen LogP contribution in [0.3, 0.4) is 0 Å². The van der Waals surface area contributed by atoms with Gasteiger partial charge >= 0.3 is 0 Å². The summed E-state index contributed by atoms with van der Waals surface area (Å²) in [5.41, 5.74) is 2.13. The molecule has 8 heteroatoms. The number of hydrogen-bond acceptors (Lipinski definition) is 7. The number of furan rings is 1. The molecule has 0 saturated carbocycles.